The molecule has 98 valence electrons. The van der Waals surface area contributed by atoms with Crippen LogP contribution in [0.1, 0.15) is 5.56 Å². The lowest BCUT2D eigenvalue weighted by atomic mass is 10.2. The first-order chi connectivity index (χ1) is 9.74. The minimum absolute atomic E-state index is 0.313. The number of thiocarbonyl (C=S) groups is 1. The third kappa shape index (κ3) is 2.44. The summed E-state index contributed by atoms with van der Waals surface area (Å²) in [6.45, 7) is 0. The van der Waals surface area contributed by atoms with Gasteiger partial charge in [-0.3, -0.25) is 4.98 Å². The summed E-state index contributed by atoms with van der Waals surface area (Å²) in [6, 6.07) is 13.1. The molecule has 0 bridgehead atoms. The monoisotopic (exact) mass is 281 g/mol. The van der Waals surface area contributed by atoms with Crippen molar-refractivity contribution < 1.29 is 4.74 Å². The number of pyridine rings is 2. The molecule has 3 rings (SSSR count). The molecule has 0 amide bonds. The van der Waals surface area contributed by atoms with Gasteiger partial charge in [0.1, 0.15) is 10.5 Å². The van der Waals surface area contributed by atoms with E-state index in [2.05, 4.69) is 9.97 Å². The van der Waals surface area contributed by atoms with E-state index in [1.54, 1.807) is 24.5 Å². The van der Waals surface area contributed by atoms with E-state index in [-0.39, 0.29) is 0 Å². The molecule has 2 N–H and O–H groups in total. The number of fused-ring (bicyclic) bond motifs is 1. The van der Waals surface area contributed by atoms with Crippen LogP contribution in [0.4, 0.5) is 0 Å². The molecular formula is C15H11N3OS. The molecule has 0 aliphatic heterocycles. The third-order valence-electron chi connectivity index (χ3n) is 2.83. The van der Waals surface area contributed by atoms with Gasteiger partial charge in [-0.25, -0.2) is 4.98 Å². The average Bonchev–Trinajstić information content (AvgIpc) is 2.48. The Morgan fingerprint density at radius 1 is 1.05 bits per heavy atom. The van der Waals surface area contributed by atoms with Crippen LogP contribution in [0.15, 0.2) is 54.9 Å². The topological polar surface area (TPSA) is 61.0 Å². The Morgan fingerprint density at radius 2 is 1.90 bits per heavy atom. The molecule has 2 heterocycles. The quantitative estimate of drug-likeness (QED) is 0.748. The molecule has 0 aliphatic carbocycles. The van der Waals surface area contributed by atoms with Crippen LogP contribution in [0.2, 0.25) is 0 Å². The lowest BCUT2D eigenvalue weighted by Crippen LogP contribution is -2.09. The van der Waals surface area contributed by atoms with Gasteiger partial charge in [0, 0.05) is 29.4 Å². The SMILES string of the molecule is NC(=S)c1ccnc(Oc2cccc3cccnc23)c1. The molecule has 0 saturated heterocycles. The number of hydrogen-bond donors (Lipinski definition) is 1. The fourth-order valence-electron chi connectivity index (χ4n) is 1.89. The van der Waals surface area contributed by atoms with Crippen molar-refractivity contribution in [1.82, 2.24) is 9.97 Å². The third-order valence-corrected chi connectivity index (χ3v) is 3.07. The van der Waals surface area contributed by atoms with E-state index in [1.165, 1.54) is 0 Å². The standard InChI is InChI=1S/C15H11N3OS/c16-15(20)11-6-8-17-13(9-11)19-12-5-1-3-10-4-2-7-18-14(10)12/h1-9H,(H2,16,20). The van der Waals surface area contributed by atoms with E-state index in [0.717, 1.165) is 16.5 Å². The normalized spacial score (nSPS) is 10.4. The maximum absolute atomic E-state index is 5.79. The maximum Gasteiger partial charge on any atom is 0.219 e. The van der Waals surface area contributed by atoms with Crippen molar-refractivity contribution in [3.63, 3.8) is 0 Å². The van der Waals surface area contributed by atoms with Gasteiger partial charge < -0.3 is 10.5 Å². The zero-order chi connectivity index (χ0) is 13.9. The van der Waals surface area contributed by atoms with Gasteiger partial charge in [-0.15, -0.1) is 0 Å². The number of nitrogens with zero attached hydrogens (tertiary/aromatic N) is 2. The molecule has 3 aromatic rings. The Labute approximate surface area is 121 Å². The van der Waals surface area contributed by atoms with Crippen molar-refractivity contribution >= 4 is 28.1 Å². The number of hydrogen-bond acceptors (Lipinski definition) is 4. The highest BCUT2D eigenvalue weighted by Gasteiger charge is 2.06. The van der Waals surface area contributed by atoms with E-state index in [4.69, 9.17) is 22.7 Å². The predicted octanol–water partition coefficient (Wildman–Crippen LogP) is 3.06. The van der Waals surface area contributed by atoms with Crippen molar-refractivity contribution in [3.05, 3.63) is 60.4 Å². The van der Waals surface area contributed by atoms with Gasteiger partial charge in [0.2, 0.25) is 5.88 Å². The second-order valence-corrected chi connectivity index (χ2v) is 4.62. The molecule has 5 heteroatoms. The molecule has 0 aliphatic rings. The van der Waals surface area contributed by atoms with Gasteiger partial charge in [-0.05, 0) is 18.2 Å². The minimum atomic E-state index is 0.313. The van der Waals surface area contributed by atoms with Crippen LogP contribution in [-0.4, -0.2) is 15.0 Å². The highest BCUT2D eigenvalue weighted by Crippen LogP contribution is 2.27. The molecule has 0 fully saturated rings. The smallest absolute Gasteiger partial charge is 0.219 e. The number of para-hydroxylation sites is 1. The molecule has 4 nitrogen and oxygen atoms in total. The molecular weight excluding hydrogens is 270 g/mol. The summed E-state index contributed by atoms with van der Waals surface area (Å²) in [5.41, 5.74) is 7.11. The number of nitrogens with two attached hydrogens (primary N) is 1. The zero-order valence-electron chi connectivity index (χ0n) is 10.5. The van der Waals surface area contributed by atoms with Crippen LogP contribution in [0.3, 0.4) is 0 Å². The lowest BCUT2D eigenvalue weighted by molar-refractivity contribution is 0.467. The molecule has 0 atom stereocenters. The van der Waals surface area contributed by atoms with Crippen molar-refractivity contribution in [1.29, 1.82) is 0 Å². The maximum atomic E-state index is 5.79. The fraction of sp³-hybridized carbons (Fsp3) is 0. The number of rotatable bonds is 3. The predicted molar refractivity (Wildman–Crippen MR) is 81.9 cm³/mol. The van der Waals surface area contributed by atoms with Gasteiger partial charge in [-0.2, -0.15) is 0 Å². The Balaban J connectivity index is 2.01. The molecule has 0 saturated carbocycles. The van der Waals surface area contributed by atoms with E-state index in [1.807, 2.05) is 30.3 Å². The molecule has 0 spiro atoms. The van der Waals surface area contributed by atoms with Crippen LogP contribution in [-0.2, 0) is 0 Å². The van der Waals surface area contributed by atoms with Crippen LogP contribution < -0.4 is 10.5 Å². The van der Waals surface area contributed by atoms with Gasteiger partial charge in [0.05, 0.1) is 0 Å². The summed E-state index contributed by atoms with van der Waals surface area (Å²) in [5.74, 6) is 1.09. The summed E-state index contributed by atoms with van der Waals surface area (Å²) in [6.07, 6.45) is 3.34. The van der Waals surface area contributed by atoms with Crippen molar-refractivity contribution in [3.8, 4) is 11.6 Å². The highest BCUT2D eigenvalue weighted by atomic mass is 32.1. The van der Waals surface area contributed by atoms with Crippen LogP contribution in [0, 0.1) is 0 Å². The molecule has 1 aromatic carbocycles. The first-order valence-electron chi connectivity index (χ1n) is 6.01. The van der Waals surface area contributed by atoms with Crippen molar-refractivity contribution in [2.45, 2.75) is 0 Å². The van der Waals surface area contributed by atoms with E-state index in [0.29, 0.717) is 16.6 Å². The number of aromatic nitrogens is 2. The first kappa shape index (κ1) is 12.5. The summed E-state index contributed by atoms with van der Waals surface area (Å²) >= 11 is 4.95. The fourth-order valence-corrected chi connectivity index (χ4v) is 2.02. The molecule has 2 aromatic heterocycles. The summed E-state index contributed by atoms with van der Waals surface area (Å²) in [5, 5.41) is 1.01. The summed E-state index contributed by atoms with van der Waals surface area (Å²) < 4.78 is 5.79. The highest BCUT2D eigenvalue weighted by molar-refractivity contribution is 7.80. The van der Waals surface area contributed by atoms with Gasteiger partial charge in [0.25, 0.3) is 0 Å². The number of benzene rings is 1. The van der Waals surface area contributed by atoms with Gasteiger partial charge in [-0.1, -0.05) is 30.4 Å². The first-order valence-corrected chi connectivity index (χ1v) is 6.42. The Morgan fingerprint density at radius 3 is 2.75 bits per heavy atom. The number of ether oxygens (including phenoxy) is 1. The second-order valence-electron chi connectivity index (χ2n) is 4.18. The largest absolute Gasteiger partial charge is 0.437 e. The van der Waals surface area contributed by atoms with E-state index in [9.17, 15) is 0 Å². The summed E-state index contributed by atoms with van der Waals surface area (Å²) in [4.78, 5) is 8.80. The Kier molecular flexibility index (Phi) is 3.26. The van der Waals surface area contributed by atoms with Crippen LogP contribution >= 0.6 is 12.2 Å². The van der Waals surface area contributed by atoms with Crippen molar-refractivity contribution in [2.24, 2.45) is 5.73 Å². The average molecular weight is 281 g/mol. The zero-order valence-corrected chi connectivity index (χ0v) is 11.3. The molecule has 0 radical (unpaired) electrons. The Hall–Kier alpha value is -2.53. The van der Waals surface area contributed by atoms with Gasteiger partial charge in [0.15, 0.2) is 5.75 Å². The molecule has 20 heavy (non-hydrogen) atoms. The van der Waals surface area contributed by atoms with Crippen LogP contribution in [0.25, 0.3) is 10.9 Å². The van der Waals surface area contributed by atoms with Gasteiger partial charge >= 0.3 is 0 Å². The van der Waals surface area contributed by atoms with Crippen molar-refractivity contribution in [2.75, 3.05) is 0 Å². The van der Waals surface area contributed by atoms with Crippen LogP contribution in [0.5, 0.6) is 11.6 Å². The minimum Gasteiger partial charge on any atom is -0.437 e. The lowest BCUT2D eigenvalue weighted by Gasteiger charge is -2.08. The second kappa shape index (κ2) is 5.22. The van der Waals surface area contributed by atoms with E-state index < -0.39 is 0 Å². The molecule has 0 unspecified atom stereocenters. The summed E-state index contributed by atoms with van der Waals surface area (Å²) in [7, 11) is 0. The Bertz CT molecular complexity index is 783. The van der Waals surface area contributed by atoms with E-state index >= 15 is 0 Å².